The van der Waals surface area contributed by atoms with Crippen LogP contribution in [0.2, 0.25) is 0 Å². The lowest BCUT2D eigenvalue weighted by molar-refractivity contribution is -0.114. The molecule has 1 fully saturated rings. The number of amides is 3. The number of hydrogen-bond donors (Lipinski definition) is 3. The van der Waals surface area contributed by atoms with Crippen molar-refractivity contribution < 1.29 is 9.59 Å². The molecule has 1 aliphatic heterocycles. The minimum Gasteiger partial charge on any atom is -0.332 e. The van der Waals surface area contributed by atoms with Crippen LogP contribution in [-0.2, 0) is 4.79 Å². The summed E-state index contributed by atoms with van der Waals surface area (Å²) in [5, 5.41) is 11.0. The summed E-state index contributed by atoms with van der Waals surface area (Å²) in [4.78, 5) is 20.7. The van der Waals surface area contributed by atoms with E-state index in [2.05, 4.69) is 5.32 Å². The smallest absolute Gasteiger partial charge is 0.322 e. The standard InChI is InChI=1S/C4H5N3O2/c5-2-1-6-4(9)7-3(2)8/h5H,1H2,(H2,6,7,8,9). The molecule has 0 unspecified atom stereocenters. The molecule has 0 radical (unpaired) electrons. The van der Waals surface area contributed by atoms with E-state index in [9.17, 15) is 9.59 Å². The van der Waals surface area contributed by atoms with Gasteiger partial charge in [0.25, 0.3) is 5.91 Å². The largest absolute Gasteiger partial charge is 0.332 e. The molecule has 1 heterocycles. The van der Waals surface area contributed by atoms with Gasteiger partial charge in [-0.2, -0.15) is 0 Å². The number of urea groups is 1. The zero-order valence-electron chi connectivity index (χ0n) is 4.52. The number of hydrogen-bond acceptors (Lipinski definition) is 3. The first-order valence-corrected chi connectivity index (χ1v) is 2.37. The third-order valence-corrected chi connectivity index (χ3v) is 0.927. The van der Waals surface area contributed by atoms with Gasteiger partial charge < -0.3 is 5.32 Å². The second kappa shape index (κ2) is 1.85. The van der Waals surface area contributed by atoms with Crippen LogP contribution < -0.4 is 10.6 Å². The summed E-state index contributed by atoms with van der Waals surface area (Å²) >= 11 is 0. The van der Waals surface area contributed by atoms with E-state index in [1.165, 1.54) is 0 Å². The Kier molecular flexibility index (Phi) is 1.18. The molecule has 1 aliphatic rings. The predicted molar refractivity (Wildman–Crippen MR) is 29.3 cm³/mol. The molecule has 0 bridgehead atoms. The third-order valence-electron chi connectivity index (χ3n) is 0.927. The van der Waals surface area contributed by atoms with Crippen LogP contribution in [0.15, 0.2) is 0 Å². The Hall–Kier alpha value is -1.39. The maximum absolute atomic E-state index is 10.4. The summed E-state index contributed by atoms with van der Waals surface area (Å²) < 4.78 is 0. The monoisotopic (exact) mass is 127 g/mol. The molecule has 0 saturated carbocycles. The van der Waals surface area contributed by atoms with Crippen molar-refractivity contribution in [1.29, 1.82) is 5.41 Å². The Morgan fingerprint density at radius 2 is 2.11 bits per heavy atom. The molecule has 0 spiro atoms. The summed E-state index contributed by atoms with van der Waals surface area (Å²) in [6.45, 7) is 0.0324. The van der Waals surface area contributed by atoms with Crippen molar-refractivity contribution in [3.63, 3.8) is 0 Å². The van der Waals surface area contributed by atoms with Crippen molar-refractivity contribution in [3.05, 3.63) is 0 Å². The van der Waals surface area contributed by atoms with Gasteiger partial charge in [0.2, 0.25) is 0 Å². The van der Waals surface area contributed by atoms with E-state index in [4.69, 9.17) is 5.41 Å². The van der Waals surface area contributed by atoms with Gasteiger partial charge in [0.1, 0.15) is 5.71 Å². The number of nitrogens with one attached hydrogen (secondary N) is 3. The van der Waals surface area contributed by atoms with Crippen LogP contribution in [0.5, 0.6) is 0 Å². The highest BCUT2D eigenvalue weighted by Crippen LogP contribution is 1.79. The van der Waals surface area contributed by atoms with Gasteiger partial charge in [-0.15, -0.1) is 0 Å². The van der Waals surface area contributed by atoms with Gasteiger partial charge in [-0.1, -0.05) is 0 Å². The van der Waals surface area contributed by atoms with Crippen molar-refractivity contribution in [3.8, 4) is 0 Å². The van der Waals surface area contributed by atoms with E-state index >= 15 is 0 Å². The van der Waals surface area contributed by atoms with Gasteiger partial charge in [0.05, 0.1) is 6.54 Å². The van der Waals surface area contributed by atoms with Gasteiger partial charge in [-0.25, -0.2) is 4.79 Å². The first-order valence-electron chi connectivity index (χ1n) is 2.37. The van der Waals surface area contributed by atoms with Gasteiger partial charge in [0, 0.05) is 0 Å². The topological polar surface area (TPSA) is 82.1 Å². The maximum atomic E-state index is 10.4. The predicted octanol–water partition coefficient (Wildman–Crippen LogP) is -1.15. The van der Waals surface area contributed by atoms with Crippen LogP contribution in [0.25, 0.3) is 0 Å². The van der Waals surface area contributed by atoms with Crippen molar-refractivity contribution in [2.24, 2.45) is 0 Å². The second-order valence-electron chi connectivity index (χ2n) is 1.62. The molecular formula is C4H5N3O2. The Morgan fingerprint density at radius 3 is 2.56 bits per heavy atom. The van der Waals surface area contributed by atoms with E-state index in [-0.39, 0.29) is 12.3 Å². The molecule has 0 aliphatic carbocycles. The number of carbonyl (C=O) groups excluding carboxylic acids is 2. The Balaban J connectivity index is 2.64. The van der Waals surface area contributed by atoms with E-state index in [1.807, 2.05) is 5.32 Å². The Morgan fingerprint density at radius 1 is 1.44 bits per heavy atom. The fourth-order valence-corrected chi connectivity index (χ4v) is 0.472. The van der Waals surface area contributed by atoms with Crippen LogP contribution in [0.4, 0.5) is 4.79 Å². The summed E-state index contributed by atoms with van der Waals surface area (Å²) in [7, 11) is 0. The van der Waals surface area contributed by atoms with E-state index in [1.54, 1.807) is 0 Å². The average Bonchev–Trinajstić information content (AvgIpc) is 1.80. The Labute approximate surface area is 50.9 Å². The molecule has 0 aromatic carbocycles. The third kappa shape index (κ3) is 1.04. The van der Waals surface area contributed by atoms with Crippen LogP contribution in [-0.4, -0.2) is 24.2 Å². The minimum atomic E-state index is -0.612. The van der Waals surface area contributed by atoms with Crippen LogP contribution >= 0.6 is 0 Å². The van der Waals surface area contributed by atoms with Crippen LogP contribution in [0.3, 0.4) is 0 Å². The van der Waals surface area contributed by atoms with E-state index in [0.29, 0.717) is 0 Å². The van der Waals surface area contributed by atoms with Gasteiger partial charge in [-0.05, 0) is 0 Å². The van der Waals surface area contributed by atoms with E-state index < -0.39 is 11.9 Å². The second-order valence-corrected chi connectivity index (χ2v) is 1.62. The molecule has 3 N–H and O–H groups in total. The van der Waals surface area contributed by atoms with Crippen LogP contribution in [0.1, 0.15) is 0 Å². The number of imide groups is 1. The normalized spacial score (nSPS) is 18.9. The summed E-state index contributed by atoms with van der Waals surface area (Å²) in [5.41, 5.74) is -0.116. The summed E-state index contributed by atoms with van der Waals surface area (Å²) in [6, 6.07) is -0.531. The highest BCUT2D eigenvalue weighted by Gasteiger charge is 2.18. The van der Waals surface area contributed by atoms with Crippen molar-refractivity contribution in [2.75, 3.05) is 6.54 Å². The fourth-order valence-electron chi connectivity index (χ4n) is 0.472. The SMILES string of the molecule is N=C1CNC(=O)NC1=O. The molecule has 1 saturated heterocycles. The quantitative estimate of drug-likeness (QED) is 0.384. The molecule has 3 amide bonds. The molecule has 9 heavy (non-hydrogen) atoms. The average molecular weight is 127 g/mol. The number of carbonyl (C=O) groups is 2. The fraction of sp³-hybridized carbons (Fsp3) is 0.250. The molecule has 1 rings (SSSR count). The van der Waals surface area contributed by atoms with Gasteiger partial charge in [0.15, 0.2) is 0 Å². The molecule has 0 aromatic rings. The lowest BCUT2D eigenvalue weighted by Gasteiger charge is -2.11. The molecule has 0 aromatic heterocycles. The van der Waals surface area contributed by atoms with Gasteiger partial charge >= 0.3 is 6.03 Å². The zero-order valence-corrected chi connectivity index (χ0v) is 4.52. The first-order chi connectivity index (χ1) is 4.20. The van der Waals surface area contributed by atoms with Crippen molar-refractivity contribution >= 4 is 17.6 Å². The highest BCUT2D eigenvalue weighted by molar-refractivity contribution is 6.42. The lowest BCUT2D eigenvalue weighted by atomic mass is 10.3. The van der Waals surface area contributed by atoms with Crippen molar-refractivity contribution in [1.82, 2.24) is 10.6 Å². The molecule has 0 atom stereocenters. The molecule has 48 valence electrons. The summed E-state index contributed by atoms with van der Waals surface area (Å²) in [5.74, 6) is -0.612. The van der Waals surface area contributed by atoms with Crippen molar-refractivity contribution in [2.45, 2.75) is 0 Å². The Bertz CT molecular complexity index is 186. The molecular weight excluding hydrogens is 122 g/mol. The molecule has 5 nitrogen and oxygen atoms in total. The summed E-state index contributed by atoms with van der Waals surface area (Å²) in [6.07, 6.45) is 0. The highest BCUT2D eigenvalue weighted by atomic mass is 16.2. The molecule has 5 heteroatoms. The first kappa shape index (κ1) is 5.74. The lowest BCUT2D eigenvalue weighted by Crippen LogP contribution is -2.52. The number of rotatable bonds is 0. The van der Waals surface area contributed by atoms with Gasteiger partial charge in [-0.3, -0.25) is 15.5 Å². The maximum Gasteiger partial charge on any atom is 0.322 e. The van der Waals surface area contributed by atoms with Crippen LogP contribution in [0, 0.1) is 5.41 Å². The minimum absolute atomic E-state index is 0.0324. The zero-order chi connectivity index (χ0) is 6.85. The van der Waals surface area contributed by atoms with E-state index in [0.717, 1.165) is 0 Å².